The summed E-state index contributed by atoms with van der Waals surface area (Å²) in [7, 11) is 0. The standard InChI is InChI=1S/C21H21N3O4S2/c25-21(23(14-17-3-1-11-29-17)15-18-4-2-12-30-18)16-5-6-19(20(13-16)24(26)27)22-7-9-28-10-8-22/h1-6,11-13H,7-10,14-15H2. The smallest absolute Gasteiger partial charge is 0.293 e. The van der Waals surface area contributed by atoms with Crippen LogP contribution in [0.3, 0.4) is 0 Å². The van der Waals surface area contributed by atoms with Crippen LogP contribution in [0.4, 0.5) is 11.4 Å². The van der Waals surface area contributed by atoms with Gasteiger partial charge in [-0.3, -0.25) is 14.9 Å². The van der Waals surface area contributed by atoms with Crippen molar-refractivity contribution in [2.45, 2.75) is 13.1 Å². The molecule has 30 heavy (non-hydrogen) atoms. The number of hydrogen-bond donors (Lipinski definition) is 0. The number of anilines is 1. The van der Waals surface area contributed by atoms with E-state index < -0.39 is 4.92 Å². The maximum Gasteiger partial charge on any atom is 0.293 e. The summed E-state index contributed by atoms with van der Waals surface area (Å²) in [4.78, 5) is 30.5. The van der Waals surface area contributed by atoms with Crippen molar-refractivity contribution < 1.29 is 14.5 Å². The summed E-state index contributed by atoms with van der Waals surface area (Å²) in [5.74, 6) is -0.214. The predicted octanol–water partition coefficient (Wildman–Crippen LogP) is 4.40. The van der Waals surface area contributed by atoms with Crippen LogP contribution in [0.1, 0.15) is 20.1 Å². The molecule has 7 nitrogen and oxygen atoms in total. The molecule has 0 atom stereocenters. The fourth-order valence-electron chi connectivity index (χ4n) is 3.44. The van der Waals surface area contributed by atoms with Crippen LogP contribution >= 0.6 is 22.7 Å². The minimum atomic E-state index is -0.412. The van der Waals surface area contributed by atoms with Gasteiger partial charge >= 0.3 is 0 Å². The normalized spacial score (nSPS) is 13.9. The molecule has 9 heteroatoms. The summed E-state index contributed by atoms with van der Waals surface area (Å²) < 4.78 is 5.34. The molecule has 1 saturated heterocycles. The zero-order valence-electron chi connectivity index (χ0n) is 16.2. The molecule has 2 aromatic heterocycles. The molecular formula is C21H21N3O4S2. The predicted molar refractivity (Wildman–Crippen MR) is 118 cm³/mol. The number of carbonyl (C=O) groups excluding carboxylic acids is 1. The van der Waals surface area contributed by atoms with E-state index >= 15 is 0 Å². The molecule has 1 aliphatic rings. The zero-order chi connectivity index (χ0) is 20.9. The highest BCUT2D eigenvalue weighted by Crippen LogP contribution is 2.31. The fraction of sp³-hybridized carbons (Fsp3) is 0.286. The number of morpholine rings is 1. The molecule has 0 radical (unpaired) electrons. The van der Waals surface area contributed by atoms with E-state index in [0.29, 0.717) is 50.6 Å². The first-order chi connectivity index (χ1) is 14.6. The van der Waals surface area contributed by atoms with Crippen molar-refractivity contribution in [3.05, 3.63) is 78.7 Å². The van der Waals surface area contributed by atoms with E-state index in [9.17, 15) is 14.9 Å². The van der Waals surface area contributed by atoms with Crippen LogP contribution in [0.5, 0.6) is 0 Å². The molecule has 0 unspecified atom stereocenters. The number of ether oxygens (including phenoxy) is 1. The van der Waals surface area contributed by atoms with Gasteiger partial charge in [-0.05, 0) is 35.0 Å². The number of nitro groups is 1. The average molecular weight is 444 g/mol. The van der Waals surface area contributed by atoms with Gasteiger partial charge < -0.3 is 14.5 Å². The highest BCUT2D eigenvalue weighted by atomic mass is 32.1. The molecule has 0 N–H and O–H groups in total. The number of rotatable bonds is 7. The number of amides is 1. The number of nitro benzene ring substituents is 1. The average Bonchev–Trinajstić information content (AvgIpc) is 3.47. The van der Waals surface area contributed by atoms with E-state index in [4.69, 9.17) is 4.74 Å². The zero-order valence-corrected chi connectivity index (χ0v) is 17.9. The van der Waals surface area contributed by atoms with Gasteiger partial charge in [-0.15, -0.1) is 22.7 Å². The van der Waals surface area contributed by atoms with E-state index in [1.54, 1.807) is 39.7 Å². The molecular weight excluding hydrogens is 422 g/mol. The third-order valence-corrected chi connectivity index (χ3v) is 6.63. The molecule has 0 spiro atoms. The van der Waals surface area contributed by atoms with Gasteiger partial charge in [0, 0.05) is 34.5 Å². The Hall–Kier alpha value is -2.75. The molecule has 0 aliphatic carbocycles. The molecule has 0 bridgehead atoms. The van der Waals surface area contributed by atoms with Crippen LogP contribution in [0, 0.1) is 10.1 Å². The topological polar surface area (TPSA) is 75.9 Å². The number of benzene rings is 1. The molecule has 1 aromatic carbocycles. The Morgan fingerprint density at radius 2 is 1.70 bits per heavy atom. The number of carbonyl (C=O) groups is 1. The van der Waals surface area contributed by atoms with Gasteiger partial charge in [0.05, 0.1) is 31.2 Å². The molecule has 1 aliphatic heterocycles. The first-order valence-electron chi connectivity index (χ1n) is 9.57. The highest BCUT2D eigenvalue weighted by Gasteiger charge is 2.25. The second kappa shape index (κ2) is 9.38. The fourth-order valence-corrected chi connectivity index (χ4v) is 4.88. The van der Waals surface area contributed by atoms with E-state index in [1.165, 1.54) is 6.07 Å². The van der Waals surface area contributed by atoms with Gasteiger partial charge in [0.25, 0.3) is 11.6 Å². The second-order valence-electron chi connectivity index (χ2n) is 6.88. The van der Waals surface area contributed by atoms with Gasteiger partial charge in [0.2, 0.25) is 0 Å². The summed E-state index contributed by atoms with van der Waals surface area (Å²) in [6.07, 6.45) is 0. The summed E-state index contributed by atoms with van der Waals surface area (Å²) >= 11 is 3.18. The minimum absolute atomic E-state index is 0.0463. The van der Waals surface area contributed by atoms with E-state index in [0.717, 1.165) is 9.75 Å². The van der Waals surface area contributed by atoms with E-state index in [2.05, 4.69) is 0 Å². The monoisotopic (exact) mass is 443 g/mol. The summed E-state index contributed by atoms with van der Waals surface area (Å²) in [5, 5.41) is 15.7. The Morgan fingerprint density at radius 1 is 1.07 bits per heavy atom. The first-order valence-corrected chi connectivity index (χ1v) is 11.3. The molecule has 4 rings (SSSR count). The van der Waals surface area contributed by atoms with Gasteiger partial charge in [0.15, 0.2) is 0 Å². The van der Waals surface area contributed by atoms with Gasteiger partial charge in [-0.1, -0.05) is 12.1 Å². The summed E-state index contributed by atoms with van der Waals surface area (Å²) in [6, 6.07) is 12.7. The molecule has 1 fully saturated rings. The molecule has 156 valence electrons. The lowest BCUT2D eigenvalue weighted by atomic mass is 10.1. The minimum Gasteiger partial charge on any atom is -0.378 e. The third kappa shape index (κ3) is 4.69. The molecule has 3 heterocycles. The summed E-state index contributed by atoms with van der Waals surface area (Å²) in [5.41, 5.74) is 0.810. The van der Waals surface area contributed by atoms with Crippen LogP contribution in [-0.4, -0.2) is 42.0 Å². The third-order valence-electron chi connectivity index (χ3n) is 4.91. The van der Waals surface area contributed by atoms with Crippen molar-refractivity contribution in [1.29, 1.82) is 0 Å². The number of nitrogens with zero attached hydrogens (tertiary/aromatic N) is 3. The maximum absolute atomic E-state index is 13.3. The van der Waals surface area contributed by atoms with Crippen LogP contribution in [0.2, 0.25) is 0 Å². The van der Waals surface area contributed by atoms with Gasteiger partial charge in [0.1, 0.15) is 5.69 Å². The van der Waals surface area contributed by atoms with Crippen molar-refractivity contribution in [2.75, 3.05) is 31.2 Å². The second-order valence-corrected chi connectivity index (χ2v) is 8.94. The lowest BCUT2D eigenvalue weighted by Gasteiger charge is -2.28. The van der Waals surface area contributed by atoms with Gasteiger partial charge in [-0.2, -0.15) is 0 Å². The van der Waals surface area contributed by atoms with Crippen LogP contribution in [0.25, 0.3) is 0 Å². The van der Waals surface area contributed by atoms with Crippen molar-refractivity contribution in [3.8, 4) is 0 Å². The number of hydrogen-bond acceptors (Lipinski definition) is 7. The van der Waals surface area contributed by atoms with Crippen molar-refractivity contribution in [2.24, 2.45) is 0 Å². The molecule has 3 aromatic rings. The number of thiophene rings is 2. The van der Waals surface area contributed by atoms with E-state index in [-0.39, 0.29) is 11.6 Å². The molecule has 0 saturated carbocycles. The first kappa shape index (κ1) is 20.5. The van der Waals surface area contributed by atoms with Crippen LogP contribution in [0.15, 0.2) is 53.2 Å². The van der Waals surface area contributed by atoms with Crippen molar-refractivity contribution in [3.63, 3.8) is 0 Å². The van der Waals surface area contributed by atoms with Crippen LogP contribution in [-0.2, 0) is 17.8 Å². The van der Waals surface area contributed by atoms with Gasteiger partial charge in [-0.25, -0.2) is 0 Å². The Balaban J connectivity index is 1.62. The van der Waals surface area contributed by atoms with Crippen molar-refractivity contribution in [1.82, 2.24) is 4.90 Å². The largest absolute Gasteiger partial charge is 0.378 e. The van der Waals surface area contributed by atoms with E-state index in [1.807, 2.05) is 39.9 Å². The lowest BCUT2D eigenvalue weighted by Crippen LogP contribution is -2.36. The molecule has 1 amide bonds. The van der Waals surface area contributed by atoms with Crippen molar-refractivity contribution >= 4 is 40.0 Å². The van der Waals surface area contributed by atoms with Crippen LogP contribution < -0.4 is 4.90 Å². The Kier molecular flexibility index (Phi) is 6.41. The summed E-state index contributed by atoms with van der Waals surface area (Å²) in [6.45, 7) is 3.19. The Morgan fingerprint density at radius 3 is 2.23 bits per heavy atom. The quantitative estimate of drug-likeness (QED) is 0.400. The highest BCUT2D eigenvalue weighted by molar-refractivity contribution is 7.10. The maximum atomic E-state index is 13.3. The lowest BCUT2D eigenvalue weighted by molar-refractivity contribution is -0.384. The Bertz CT molecular complexity index is 963. The Labute approximate surface area is 182 Å². The SMILES string of the molecule is O=C(c1ccc(N2CCOCC2)c([N+](=O)[O-])c1)N(Cc1cccs1)Cc1cccs1.